The highest BCUT2D eigenvalue weighted by Crippen LogP contribution is 2.17. The third kappa shape index (κ3) is 3.35. The van der Waals surface area contributed by atoms with Crippen LogP contribution in [0.1, 0.15) is 24.5 Å². The van der Waals surface area contributed by atoms with Gasteiger partial charge in [-0.3, -0.25) is 0 Å². The van der Waals surface area contributed by atoms with E-state index in [1.165, 1.54) is 15.6 Å². The van der Waals surface area contributed by atoms with Crippen LogP contribution in [0, 0.1) is 6.92 Å². The Labute approximate surface area is 88.8 Å². The smallest absolute Gasteiger partial charge is 0.0204 e. The van der Waals surface area contributed by atoms with E-state index in [4.69, 9.17) is 0 Å². The summed E-state index contributed by atoms with van der Waals surface area (Å²) >= 11 is 3.50. The predicted molar refractivity (Wildman–Crippen MR) is 62.0 cm³/mol. The van der Waals surface area contributed by atoms with Gasteiger partial charge in [-0.15, -0.1) is 0 Å². The van der Waals surface area contributed by atoms with Gasteiger partial charge < -0.3 is 0 Å². The van der Waals surface area contributed by atoms with Crippen LogP contribution in [0.25, 0.3) is 0 Å². The molecule has 0 spiro atoms. The molecule has 1 aromatic rings. The zero-order chi connectivity index (χ0) is 9.68. The standard InChI is InChI=1S/C12H15Br/c1-3-4-5-6-11-7-8-12(13)10(2)9-11/h3-4,7-9H,5-6H2,1-2H3/b4-3-. The molecule has 1 heteroatoms. The van der Waals surface area contributed by atoms with E-state index in [0.717, 1.165) is 12.8 Å². The molecular weight excluding hydrogens is 224 g/mol. The first kappa shape index (κ1) is 10.5. The maximum absolute atomic E-state index is 3.50. The lowest BCUT2D eigenvalue weighted by molar-refractivity contribution is 0.995. The van der Waals surface area contributed by atoms with Gasteiger partial charge in [-0.05, 0) is 43.9 Å². The normalized spacial score (nSPS) is 11.0. The second-order valence-electron chi connectivity index (χ2n) is 3.19. The minimum atomic E-state index is 1.14. The lowest BCUT2D eigenvalue weighted by Gasteiger charge is -2.02. The van der Waals surface area contributed by atoms with Gasteiger partial charge in [0.15, 0.2) is 0 Å². The molecule has 0 N–H and O–H groups in total. The van der Waals surface area contributed by atoms with Gasteiger partial charge in [0.05, 0.1) is 0 Å². The molecule has 0 amide bonds. The van der Waals surface area contributed by atoms with E-state index in [9.17, 15) is 0 Å². The Morgan fingerprint density at radius 1 is 1.38 bits per heavy atom. The Morgan fingerprint density at radius 3 is 2.77 bits per heavy atom. The third-order valence-electron chi connectivity index (χ3n) is 2.06. The second kappa shape index (κ2) is 5.23. The summed E-state index contributed by atoms with van der Waals surface area (Å²) in [5.74, 6) is 0. The van der Waals surface area contributed by atoms with Crippen molar-refractivity contribution in [3.63, 3.8) is 0 Å². The van der Waals surface area contributed by atoms with Crippen molar-refractivity contribution in [2.75, 3.05) is 0 Å². The van der Waals surface area contributed by atoms with Crippen molar-refractivity contribution in [3.05, 3.63) is 46.0 Å². The van der Waals surface area contributed by atoms with E-state index >= 15 is 0 Å². The first-order valence-electron chi connectivity index (χ1n) is 4.60. The number of allylic oxidation sites excluding steroid dienone is 2. The van der Waals surface area contributed by atoms with Crippen LogP contribution >= 0.6 is 15.9 Å². The van der Waals surface area contributed by atoms with Crippen LogP contribution in [-0.4, -0.2) is 0 Å². The quantitative estimate of drug-likeness (QED) is 0.691. The molecular formula is C12H15Br. The molecule has 0 saturated heterocycles. The zero-order valence-corrected chi connectivity index (χ0v) is 9.76. The summed E-state index contributed by atoms with van der Waals surface area (Å²) in [6.07, 6.45) is 6.58. The van der Waals surface area contributed by atoms with Gasteiger partial charge in [-0.2, -0.15) is 0 Å². The Hall–Kier alpha value is -0.560. The third-order valence-corrected chi connectivity index (χ3v) is 2.95. The molecule has 0 atom stereocenters. The largest absolute Gasteiger partial charge is 0.0917 e. The van der Waals surface area contributed by atoms with Crippen LogP contribution in [0.3, 0.4) is 0 Å². The topological polar surface area (TPSA) is 0 Å². The van der Waals surface area contributed by atoms with Gasteiger partial charge in [-0.1, -0.05) is 40.2 Å². The van der Waals surface area contributed by atoms with Crippen molar-refractivity contribution >= 4 is 15.9 Å². The Kier molecular flexibility index (Phi) is 4.23. The highest BCUT2D eigenvalue weighted by Gasteiger charge is 1.95. The molecule has 0 radical (unpaired) electrons. The predicted octanol–water partition coefficient (Wildman–Crippen LogP) is 4.27. The summed E-state index contributed by atoms with van der Waals surface area (Å²) in [6, 6.07) is 6.55. The summed E-state index contributed by atoms with van der Waals surface area (Å²) < 4.78 is 1.20. The lowest BCUT2D eigenvalue weighted by Crippen LogP contribution is -1.85. The lowest BCUT2D eigenvalue weighted by atomic mass is 10.1. The number of aryl methyl sites for hydroxylation is 2. The summed E-state index contributed by atoms with van der Waals surface area (Å²) in [7, 11) is 0. The molecule has 0 heterocycles. The molecule has 0 saturated carbocycles. The van der Waals surface area contributed by atoms with Crippen LogP contribution in [0.2, 0.25) is 0 Å². The summed E-state index contributed by atoms with van der Waals surface area (Å²) in [4.78, 5) is 0. The molecule has 13 heavy (non-hydrogen) atoms. The Balaban J connectivity index is 2.63. The molecule has 0 fully saturated rings. The number of hydrogen-bond acceptors (Lipinski definition) is 0. The fraction of sp³-hybridized carbons (Fsp3) is 0.333. The van der Waals surface area contributed by atoms with Crippen molar-refractivity contribution in [2.24, 2.45) is 0 Å². The minimum absolute atomic E-state index is 1.14. The molecule has 0 bridgehead atoms. The van der Waals surface area contributed by atoms with E-state index in [-0.39, 0.29) is 0 Å². The van der Waals surface area contributed by atoms with Crippen LogP contribution in [-0.2, 0) is 6.42 Å². The number of rotatable bonds is 3. The molecule has 0 aliphatic rings. The van der Waals surface area contributed by atoms with Gasteiger partial charge in [-0.25, -0.2) is 0 Å². The molecule has 0 unspecified atom stereocenters. The molecule has 0 aliphatic carbocycles. The first-order chi connectivity index (χ1) is 6.24. The van der Waals surface area contributed by atoms with Crippen LogP contribution in [0.15, 0.2) is 34.8 Å². The fourth-order valence-corrected chi connectivity index (χ4v) is 1.53. The summed E-state index contributed by atoms with van der Waals surface area (Å²) in [5.41, 5.74) is 2.73. The van der Waals surface area contributed by atoms with Crippen molar-refractivity contribution in [3.8, 4) is 0 Å². The van der Waals surface area contributed by atoms with E-state index in [0.29, 0.717) is 0 Å². The first-order valence-corrected chi connectivity index (χ1v) is 5.39. The van der Waals surface area contributed by atoms with Crippen molar-refractivity contribution in [2.45, 2.75) is 26.7 Å². The average molecular weight is 239 g/mol. The van der Waals surface area contributed by atoms with E-state index in [1.54, 1.807) is 0 Å². The van der Waals surface area contributed by atoms with Crippen LogP contribution in [0.5, 0.6) is 0 Å². The highest BCUT2D eigenvalue weighted by molar-refractivity contribution is 9.10. The molecule has 0 nitrogen and oxygen atoms in total. The summed E-state index contributed by atoms with van der Waals surface area (Å²) in [5, 5.41) is 0. The SMILES string of the molecule is C/C=C\CCc1ccc(Br)c(C)c1. The number of halogens is 1. The van der Waals surface area contributed by atoms with Gasteiger partial charge in [0.25, 0.3) is 0 Å². The number of hydrogen-bond donors (Lipinski definition) is 0. The monoisotopic (exact) mass is 238 g/mol. The van der Waals surface area contributed by atoms with E-state index < -0.39 is 0 Å². The van der Waals surface area contributed by atoms with E-state index in [1.807, 2.05) is 0 Å². The van der Waals surface area contributed by atoms with Crippen LogP contribution < -0.4 is 0 Å². The second-order valence-corrected chi connectivity index (χ2v) is 4.05. The van der Waals surface area contributed by atoms with Gasteiger partial charge in [0.2, 0.25) is 0 Å². The number of benzene rings is 1. The van der Waals surface area contributed by atoms with Crippen LogP contribution in [0.4, 0.5) is 0 Å². The van der Waals surface area contributed by atoms with Gasteiger partial charge >= 0.3 is 0 Å². The summed E-state index contributed by atoms with van der Waals surface area (Å²) in [6.45, 7) is 4.19. The molecule has 1 aromatic carbocycles. The van der Waals surface area contributed by atoms with Gasteiger partial charge in [0.1, 0.15) is 0 Å². The Bertz CT molecular complexity index is 300. The fourth-order valence-electron chi connectivity index (χ4n) is 1.28. The molecule has 1 rings (SSSR count). The van der Waals surface area contributed by atoms with Crippen molar-refractivity contribution in [1.82, 2.24) is 0 Å². The van der Waals surface area contributed by atoms with Gasteiger partial charge in [0, 0.05) is 4.47 Å². The highest BCUT2D eigenvalue weighted by atomic mass is 79.9. The maximum Gasteiger partial charge on any atom is 0.0204 e. The molecule has 70 valence electrons. The minimum Gasteiger partial charge on any atom is -0.0917 e. The molecule has 0 aromatic heterocycles. The molecule has 0 aliphatic heterocycles. The van der Waals surface area contributed by atoms with Crippen molar-refractivity contribution < 1.29 is 0 Å². The maximum atomic E-state index is 3.50. The van der Waals surface area contributed by atoms with E-state index in [2.05, 4.69) is 60.1 Å². The van der Waals surface area contributed by atoms with Crippen molar-refractivity contribution in [1.29, 1.82) is 0 Å². The average Bonchev–Trinajstić information content (AvgIpc) is 2.12. The Morgan fingerprint density at radius 2 is 2.15 bits per heavy atom. The zero-order valence-electron chi connectivity index (χ0n) is 8.18.